The minimum absolute atomic E-state index is 0.0886. The first-order chi connectivity index (χ1) is 15.9. The van der Waals surface area contributed by atoms with E-state index in [-0.39, 0.29) is 30.8 Å². The van der Waals surface area contributed by atoms with Gasteiger partial charge in [-0.1, -0.05) is 17.7 Å². The Kier molecular flexibility index (Phi) is 7.83. The zero-order valence-corrected chi connectivity index (χ0v) is 19.4. The summed E-state index contributed by atoms with van der Waals surface area (Å²) < 4.78 is 21.6. The summed E-state index contributed by atoms with van der Waals surface area (Å²) in [4.78, 5) is 19.7. The van der Waals surface area contributed by atoms with Crippen LogP contribution in [0.25, 0.3) is 10.9 Å². The first kappa shape index (κ1) is 24.0. The van der Waals surface area contributed by atoms with Gasteiger partial charge in [0.15, 0.2) is 11.5 Å². The summed E-state index contributed by atoms with van der Waals surface area (Å²) in [7, 11) is 3.04. The molecule has 0 spiro atoms. The molecular formula is C22H26ClN5O5. The summed E-state index contributed by atoms with van der Waals surface area (Å²) >= 11 is 6.56. The third-order valence-corrected chi connectivity index (χ3v) is 5.16. The van der Waals surface area contributed by atoms with Crippen LogP contribution in [0.4, 0.5) is 17.5 Å². The number of halogens is 1. The molecule has 0 aliphatic carbocycles. The number of nitrogens with one attached hydrogen (secondary N) is 1. The van der Waals surface area contributed by atoms with Crippen molar-refractivity contribution in [3.05, 3.63) is 34.9 Å². The van der Waals surface area contributed by atoms with Gasteiger partial charge in [-0.2, -0.15) is 4.98 Å². The molecule has 33 heavy (non-hydrogen) atoms. The summed E-state index contributed by atoms with van der Waals surface area (Å²) in [5.74, 6) is 1.25. The molecule has 11 heteroatoms. The summed E-state index contributed by atoms with van der Waals surface area (Å²) in [5.41, 5.74) is 13.7. The average Bonchev–Trinajstić information content (AvgIpc) is 2.78. The van der Waals surface area contributed by atoms with Gasteiger partial charge in [0.2, 0.25) is 11.7 Å². The molecular weight excluding hydrogens is 450 g/mol. The van der Waals surface area contributed by atoms with Gasteiger partial charge < -0.3 is 35.7 Å². The Balaban J connectivity index is 1.79. The van der Waals surface area contributed by atoms with E-state index in [2.05, 4.69) is 15.3 Å². The maximum atomic E-state index is 11.6. The number of benzene rings is 2. The van der Waals surface area contributed by atoms with Crippen molar-refractivity contribution < 1.29 is 23.7 Å². The molecule has 0 saturated carbocycles. The zero-order valence-electron chi connectivity index (χ0n) is 18.6. The standard InChI is InChI=1S/C22H26ClN5O5/c1-4-32-17(29)7-8-33-20-15(30-2)9-13(10-16(20)31-3)26-11-12-5-6-14-18(19(12)23)21(24)28-22(25)27-14/h5-6,9-10,26H,4,7-8,11H2,1-3H3,(H4,24,25,27,28). The van der Waals surface area contributed by atoms with Gasteiger partial charge in [-0.05, 0) is 18.6 Å². The van der Waals surface area contributed by atoms with E-state index in [1.54, 1.807) is 25.1 Å². The molecule has 3 rings (SSSR count). The van der Waals surface area contributed by atoms with Crippen LogP contribution in [0.15, 0.2) is 24.3 Å². The highest BCUT2D eigenvalue weighted by Crippen LogP contribution is 2.40. The predicted molar refractivity (Wildman–Crippen MR) is 127 cm³/mol. The second-order valence-corrected chi connectivity index (χ2v) is 7.24. The summed E-state index contributed by atoms with van der Waals surface area (Å²) in [6, 6.07) is 7.14. The maximum Gasteiger partial charge on any atom is 0.309 e. The van der Waals surface area contributed by atoms with Crippen molar-refractivity contribution in [1.82, 2.24) is 9.97 Å². The Morgan fingerprint density at radius 3 is 2.45 bits per heavy atom. The van der Waals surface area contributed by atoms with Crippen molar-refractivity contribution in [2.75, 3.05) is 44.2 Å². The molecule has 10 nitrogen and oxygen atoms in total. The minimum Gasteiger partial charge on any atom is -0.493 e. The number of nitrogens with two attached hydrogens (primary N) is 2. The molecule has 1 aromatic heterocycles. The van der Waals surface area contributed by atoms with Gasteiger partial charge in [0.05, 0.1) is 49.8 Å². The van der Waals surface area contributed by atoms with Gasteiger partial charge >= 0.3 is 5.97 Å². The summed E-state index contributed by atoms with van der Waals surface area (Å²) in [5, 5.41) is 4.27. The number of esters is 1. The fourth-order valence-electron chi connectivity index (χ4n) is 3.20. The molecule has 0 aliphatic rings. The lowest BCUT2D eigenvalue weighted by atomic mass is 10.1. The average molecular weight is 476 g/mol. The number of nitrogens with zero attached hydrogens (tertiary/aromatic N) is 2. The highest BCUT2D eigenvalue weighted by Gasteiger charge is 2.16. The second-order valence-electron chi connectivity index (χ2n) is 6.87. The Bertz CT molecular complexity index is 1130. The van der Waals surface area contributed by atoms with Crippen LogP contribution in [-0.4, -0.2) is 43.4 Å². The molecule has 0 fully saturated rings. The molecule has 5 N–H and O–H groups in total. The van der Waals surface area contributed by atoms with Crippen LogP contribution < -0.4 is 31.0 Å². The van der Waals surface area contributed by atoms with Gasteiger partial charge in [-0.25, -0.2) is 4.98 Å². The SMILES string of the molecule is CCOC(=O)CCOc1c(OC)cc(NCc2ccc3nc(N)nc(N)c3c2Cl)cc1OC. The molecule has 0 atom stereocenters. The van der Waals surface area contributed by atoms with Crippen LogP contribution in [0.3, 0.4) is 0 Å². The van der Waals surface area contributed by atoms with E-state index in [0.717, 1.165) is 5.56 Å². The van der Waals surface area contributed by atoms with Gasteiger partial charge in [0.1, 0.15) is 5.82 Å². The first-order valence-electron chi connectivity index (χ1n) is 10.2. The van der Waals surface area contributed by atoms with Crippen molar-refractivity contribution in [1.29, 1.82) is 0 Å². The van der Waals surface area contributed by atoms with Crippen LogP contribution >= 0.6 is 11.6 Å². The number of rotatable bonds is 10. The molecule has 1 heterocycles. The third-order valence-electron chi connectivity index (χ3n) is 4.73. The van der Waals surface area contributed by atoms with Crippen molar-refractivity contribution >= 4 is 45.9 Å². The summed E-state index contributed by atoms with van der Waals surface area (Å²) in [6.45, 7) is 2.58. The number of hydrogen-bond acceptors (Lipinski definition) is 10. The predicted octanol–water partition coefficient (Wildman–Crippen LogP) is 3.41. The Hall–Kier alpha value is -3.66. The molecule has 176 valence electrons. The lowest BCUT2D eigenvalue weighted by Crippen LogP contribution is -2.10. The largest absolute Gasteiger partial charge is 0.493 e. The Morgan fingerprint density at radius 2 is 1.82 bits per heavy atom. The highest BCUT2D eigenvalue weighted by atomic mass is 35.5. The second kappa shape index (κ2) is 10.8. The van der Waals surface area contributed by atoms with E-state index in [0.29, 0.717) is 52.0 Å². The van der Waals surface area contributed by atoms with Crippen molar-refractivity contribution in [2.45, 2.75) is 19.9 Å². The first-order valence-corrected chi connectivity index (χ1v) is 10.5. The maximum absolute atomic E-state index is 11.6. The van der Waals surface area contributed by atoms with E-state index in [1.165, 1.54) is 14.2 Å². The zero-order chi connectivity index (χ0) is 24.0. The Labute approximate surface area is 196 Å². The van der Waals surface area contributed by atoms with Crippen LogP contribution in [0.2, 0.25) is 5.02 Å². The van der Waals surface area contributed by atoms with E-state index in [9.17, 15) is 4.79 Å². The van der Waals surface area contributed by atoms with Crippen LogP contribution in [-0.2, 0) is 16.1 Å². The molecule has 2 aromatic carbocycles. The Morgan fingerprint density at radius 1 is 1.12 bits per heavy atom. The van der Waals surface area contributed by atoms with Crippen molar-refractivity contribution in [3.8, 4) is 17.2 Å². The molecule has 0 radical (unpaired) electrons. The van der Waals surface area contributed by atoms with Gasteiger partial charge in [-0.15, -0.1) is 0 Å². The molecule has 0 saturated heterocycles. The lowest BCUT2D eigenvalue weighted by molar-refractivity contribution is -0.143. The normalized spacial score (nSPS) is 10.7. The number of carbonyl (C=O) groups excluding carboxylic acids is 1. The number of hydrogen-bond donors (Lipinski definition) is 3. The molecule has 0 bridgehead atoms. The minimum atomic E-state index is -0.338. The third kappa shape index (κ3) is 5.58. The number of aromatic nitrogens is 2. The number of methoxy groups -OCH3 is 2. The molecule has 0 aliphatic heterocycles. The molecule has 3 aromatic rings. The van der Waals surface area contributed by atoms with E-state index in [1.807, 2.05) is 6.07 Å². The number of fused-ring (bicyclic) bond motifs is 1. The number of anilines is 3. The number of nitrogen functional groups attached to an aromatic ring is 2. The topological polar surface area (TPSA) is 144 Å². The molecule has 0 unspecified atom stereocenters. The fraction of sp³-hybridized carbons (Fsp3) is 0.318. The van der Waals surface area contributed by atoms with E-state index >= 15 is 0 Å². The van der Waals surface area contributed by atoms with Crippen LogP contribution in [0, 0.1) is 0 Å². The van der Waals surface area contributed by atoms with Crippen LogP contribution in [0.5, 0.6) is 17.2 Å². The fourth-order valence-corrected chi connectivity index (χ4v) is 3.52. The monoisotopic (exact) mass is 475 g/mol. The summed E-state index contributed by atoms with van der Waals surface area (Å²) in [6.07, 6.45) is 0.110. The van der Waals surface area contributed by atoms with Gasteiger partial charge in [-0.3, -0.25) is 4.79 Å². The van der Waals surface area contributed by atoms with Gasteiger partial charge in [0.25, 0.3) is 0 Å². The number of ether oxygens (including phenoxy) is 4. The number of carbonyl (C=O) groups is 1. The molecule has 0 amide bonds. The lowest BCUT2D eigenvalue weighted by Gasteiger charge is -2.17. The smallest absolute Gasteiger partial charge is 0.309 e. The van der Waals surface area contributed by atoms with E-state index in [4.69, 9.17) is 42.0 Å². The quantitative estimate of drug-likeness (QED) is 0.373. The van der Waals surface area contributed by atoms with Crippen LogP contribution in [0.1, 0.15) is 18.9 Å². The van der Waals surface area contributed by atoms with Crippen molar-refractivity contribution in [3.63, 3.8) is 0 Å². The van der Waals surface area contributed by atoms with Gasteiger partial charge in [0, 0.05) is 24.4 Å². The van der Waals surface area contributed by atoms with Crippen molar-refractivity contribution in [2.24, 2.45) is 0 Å². The van der Waals surface area contributed by atoms with E-state index < -0.39 is 0 Å². The highest BCUT2D eigenvalue weighted by molar-refractivity contribution is 6.37.